The summed E-state index contributed by atoms with van der Waals surface area (Å²) >= 11 is 15.7. The summed E-state index contributed by atoms with van der Waals surface area (Å²) in [7, 11) is 0. The molecule has 11 aromatic carbocycles. The van der Waals surface area contributed by atoms with E-state index in [0.717, 1.165) is 7.57 Å². The lowest BCUT2D eigenvalue weighted by Crippen LogP contribution is -2.30. The fourth-order valence-electron chi connectivity index (χ4n) is 17.8. The minimum Gasteiger partial charge on any atom is -0.134 e. The van der Waals surface area contributed by atoms with Crippen LogP contribution in [0.3, 0.4) is 0 Å². The molecule has 0 amide bonds. The Morgan fingerprint density at radius 1 is 0.219 bits per heavy atom. The summed E-state index contributed by atoms with van der Waals surface area (Å²) < 4.78 is 7.65. The molecule has 6 heteroatoms. The lowest BCUT2D eigenvalue weighted by molar-refractivity contribution is 0.754. The van der Waals surface area contributed by atoms with E-state index in [2.05, 4.69) is 330 Å². The van der Waals surface area contributed by atoms with E-state index in [1.54, 1.807) is 0 Å². The molecule has 19 rings (SSSR count). The SMILES string of the molecule is Cc1ccc(C2(c3ccc(C)cc3)c3cc4c(cc3-c3cc5c(cc32)-c2sc3cc(Br)sc3c2C5(c2ccc(C)cc2)c2ccc(C)cc2)C(c2ccc(C)cc2)(c2ccc(C)cc2)c2cc3c(cc2-4)C(c2ccc(C)cc2)(c2ccc(C)cc2)c2c-3sc3cc(Br)sc23)cc1. The highest BCUT2D eigenvalue weighted by Crippen LogP contribution is 2.70. The molecule has 0 atom stereocenters. The summed E-state index contributed by atoms with van der Waals surface area (Å²) in [5.74, 6) is 0. The fraction of sp³-hybridized carbons (Fsp3) is 0.133. The van der Waals surface area contributed by atoms with Crippen LogP contribution in [0.25, 0.3) is 61.9 Å². The van der Waals surface area contributed by atoms with Crippen LogP contribution in [0, 0.1) is 55.4 Å². The quantitative estimate of drug-likeness (QED) is 0.142. The van der Waals surface area contributed by atoms with Crippen LogP contribution in [-0.2, 0) is 21.7 Å². The summed E-state index contributed by atoms with van der Waals surface area (Å²) in [5.41, 5.74) is 35.8. The number of halogens is 2. The summed E-state index contributed by atoms with van der Waals surface area (Å²) in [6.07, 6.45) is 0. The van der Waals surface area contributed by atoms with E-state index < -0.39 is 21.7 Å². The Bertz CT molecular complexity index is 5210. The van der Waals surface area contributed by atoms with Gasteiger partial charge in [-0.25, -0.2) is 0 Å². The van der Waals surface area contributed by atoms with Crippen molar-refractivity contribution in [3.8, 4) is 43.1 Å². The van der Waals surface area contributed by atoms with Gasteiger partial charge in [-0.15, -0.1) is 45.3 Å². The van der Waals surface area contributed by atoms with Gasteiger partial charge in [-0.1, -0.05) is 239 Å². The number of thiophene rings is 4. The third-order valence-electron chi connectivity index (χ3n) is 22.3. The molecule has 0 nitrogen and oxygen atoms in total. The molecule has 4 heterocycles. The highest BCUT2D eigenvalue weighted by Gasteiger charge is 2.57. The van der Waals surface area contributed by atoms with Crippen molar-refractivity contribution in [1.29, 1.82) is 0 Å². The molecule has 462 valence electrons. The van der Waals surface area contributed by atoms with Gasteiger partial charge in [0.1, 0.15) is 0 Å². The van der Waals surface area contributed by atoms with Crippen molar-refractivity contribution in [3.05, 3.63) is 384 Å². The van der Waals surface area contributed by atoms with Gasteiger partial charge in [0.05, 0.1) is 38.6 Å². The Balaban J connectivity index is 0.998. The van der Waals surface area contributed by atoms with E-state index in [0.29, 0.717) is 0 Å². The Morgan fingerprint density at radius 2 is 0.406 bits per heavy atom. The smallest absolute Gasteiger partial charge is 0.0736 e. The first kappa shape index (κ1) is 59.0. The molecule has 4 aromatic heterocycles. The van der Waals surface area contributed by atoms with E-state index in [1.165, 1.54) is 195 Å². The van der Waals surface area contributed by atoms with Crippen LogP contribution in [-0.4, -0.2) is 0 Å². The lowest BCUT2D eigenvalue weighted by atomic mass is 9.65. The molecule has 0 saturated heterocycles. The van der Waals surface area contributed by atoms with Crippen LogP contribution >= 0.6 is 77.2 Å². The minimum absolute atomic E-state index is 0.642. The molecule has 0 saturated carbocycles. The van der Waals surface area contributed by atoms with E-state index in [-0.39, 0.29) is 0 Å². The minimum atomic E-state index is -0.751. The van der Waals surface area contributed by atoms with E-state index in [9.17, 15) is 0 Å². The van der Waals surface area contributed by atoms with Crippen LogP contribution in [0.15, 0.2) is 250 Å². The monoisotopic (exact) mass is 1430 g/mol. The van der Waals surface area contributed by atoms with Crippen LogP contribution in [0.5, 0.6) is 0 Å². The van der Waals surface area contributed by atoms with Crippen LogP contribution in [0.1, 0.15) is 134 Å². The zero-order valence-electron chi connectivity index (χ0n) is 54.5. The second-order valence-corrected chi connectivity index (χ2v) is 34.8. The largest absolute Gasteiger partial charge is 0.134 e. The summed E-state index contributed by atoms with van der Waals surface area (Å²) in [5, 5.41) is 0. The van der Waals surface area contributed by atoms with Crippen LogP contribution in [0.2, 0.25) is 0 Å². The van der Waals surface area contributed by atoms with E-state index in [1.807, 2.05) is 45.3 Å². The number of hydrogen-bond acceptors (Lipinski definition) is 4. The first-order valence-corrected chi connectivity index (χ1v) is 38.1. The van der Waals surface area contributed by atoms with Gasteiger partial charge in [-0.2, -0.15) is 0 Å². The average molecular weight is 1430 g/mol. The first-order chi connectivity index (χ1) is 46.6. The van der Waals surface area contributed by atoms with Crippen molar-refractivity contribution < 1.29 is 0 Å². The highest BCUT2D eigenvalue weighted by molar-refractivity contribution is 9.11. The van der Waals surface area contributed by atoms with Crippen molar-refractivity contribution >= 4 is 96.0 Å². The lowest BCUT2D eigenvalue weighted by Gasteiger charge is -2.36. The van der Waals surface area contributed by atoms with Gasteiger partial charge in [0.25, 0.3) is 0 Å². The second-order valence-electron chi connectivity index (χ2n) is 27.9. The third-order valence-corrected chi connectivity index (χ3v) is 28.2. The van der Waals surface area contributed by atoms with Crippen molar-refractivity contribution in [1.82, 2.24) is 0 Å². The Labute approximate surface area is 594 Å². The van der Waals surface area contributed by atoms with Gasteiger partial charge in [-0.3, -0.25) is 0 Å². The van der Waals surface area contributed by atoms with E-state index >= 15 is 0 Å². The Hall–Kier alpha value is -8.30. The predicted molar refractivity (Wildman–Crippen MR) is 415 cm³/mol. The molecule has 15 aromatic rings. The highest BCUT2D eigenvalue weighted by atomic mass is 79.9. The molecule has 0 spiro atoms. The molecule has 0 bridgehead atoms. The summed E-state index contributed by atoms with van der Waals surface area (Å²) in [6.45, 7) is 17.8. The van der Waals surface area contributed by atoms with E-state index in [4.69, 9.17) is 0 Å². The zero-order chi connectivity index (χ0) is 65.1. The first-order valence-electron chi connectivity index (χ1n) is 33.2. The zero-order valence-corrected chi connectivity index (χ0v) is 60.9. The Kier molecular flexibility index (Phi) is 13.0. The number of rotatable bonds is 8. The predicted octanol–water partition coefficient (Wildman–Crippen LogP) is 25.7. The van der Waals surface area contributed by atoms with Gasteiger partial charge < -0.3 is 0 Å². The Morgan fingerprint density at radius 3 is 0.625 bits per heavy atom. The molecule has 0 N–H and O–H groups in total. The molecule has 4 aliphatic rings. The summed E-state index contributed by atoms with van der Waals surface area (Å²) in [4.78, 5) is 2.71. The van der Waals surface area contributed by atoms with Gasteiger partial charge >= 0.3 is 0 Å². The molecule has 0 radical (unpaired) electrons. The van der Waals surface area contributed by atoms with Crippen molar-refractivity contribution in [2.45, 2.75) is 77.0 Å². The van der Waals surface area contributed by atoms with Crippen molar-refractivity contribution in [2.24, 2.45) is 0 Å². The molecule has 0 fully saturated rings. The topological polar surface area (TPSA) is 0 Å². The fourth-order valence-corrected chi connectivity index (χ4v) is 24.5. The second kappa shape index (κ2) is 21.1. The maximum absolute atomic E-state index is 4.03. The number of fused-ring (bicyclic) bond motifs is 16. The average Bonchev–Trinajstić information content (AvgIpc) is 1.67. The molecular formula is C90H64Br2S4. The molecular weight excluding hydrogens is 1370 g/mol. The van der Waals surface area contributed by atoms with Crippen molar-refractivity contribution in [2.75, 3.05) is 0 Å². The van der Waals surface area contributed by atoms with Gasteiger partial charge in [-0.05, 0) is 247 Å². The number of aryl methyl sites for hydroxylation is 8. The number of hydrogen-bond donors (Lipinski definition) is 0. The molecule has 96 heavy (non-hydrogen) atoms. The standard InChI is InChI=1S/C90H64Br2S4/c1-49-9-25-57(26-10-49)87(58-27-11-50(2)12-28-58)71-41-66-68-44-76-70(84-82(86-78(94-84)48-80(92)96-86)90(76,63-37-21-55(7)22-38-63)64-39-23-56(8)24-40-64)46-74(68)88(59-29-13-51(3)14-30-59,60-31-15-52(4)16-32-60)72(66)42-65(71)67-43-75-69(45-73(67)87)83-81(85-77(93-83)47-79(91)95-85)89(75,61-33-17-53(5)18-34-61)62-35-19-54(6)20-36-62/h9-48H,1-8H3. The van der Waals surface area contributed by atoms with Gasteiger partial charge in [0.15, 0.2) is 0 Å². The van der Waals surface area contributed by atoms with Gasteiger partial charge in [0.2, 0.25) is 0 Å². The maximum atomic E-state index is 4.03. The van der Waals surface area contributed by atoms with Crippen LogP contribution < -0.4 is 0 Å². The normalized spacial score (nSPS) is 15.1. The summed E-state index contributed by atoms with van der Waals surface area (Å²) in [6, 6.07) is 97.4. The van der Waals surface area contributed by atoms with Gasteiger partial charge in [0, 0.05) is 30.3 Å². The molecule has 4 aliphatic carbocycles. The molecule has 0 aliphatic heterocycles. The number of benzene rings is 11. The molecule has 0 unspecified atom stereocenters. The van der Waals surface area contributed by atoms with Crippen LogP contribution in [0.4, 0.5) is 0 Å². The van der Waals surface area contributed by atoms with Crippen molar-refractivity contribution in [3.63, 3.8) is 0 Å². The maximum Gasteiger partial charge on any atom is 0.0736 e. The third kappa shape index (κ3) is 7.86.